The van der Waals surface area contributed by atoms with Gasteiger partial charge in [0.2, 0.25) is 5.91 Å². The second-order valence-corrected chi connectivity index (χ2v) is 4.34. The maximum Gasteiger partial charge on any atom is 0.222 e. The third-order valence-corrected chi connectivity index (χ3v) is 1.55. The van der Waals surface area contributed by atoms with Gasteiger partial charge in [-0.25, -0.2) is 0 Å². The molecule has 0 aliphatic carbocycles. The van der Waals surface area contributed by atoms with Crippen LogP contribution in [0.25, 0.3) is 0 Å². The maximum absolute atomic E-state index is 11.0. The highest BCUT2D eigenvalue weighted by Crippen LogP contribution is 1.97. The first kappa shape index (κ1) is 20.8. The zero-order valence-corrected chi connectivity index (χ0v) is 12.7. The molecule has 0 aliphatic heterocycles. The first-order valence-electron chi connectivity index (χ1n) is 6.73. The molecule has 0 aromatic carbocycles. The second-order valence-electron chi connectivity index (χ2n) is 4.34. The van der Waals surface area contributed by atoms with Crippen molar-refractivity contribution in [2.45, 2.75) is 68.2 Å². The minimum absolute atomic E-state index is 0.113. The number of carbonyl (C=O) groups is 1. The van der Waals surface area contributed by atoms with Gasteiger partial charge in [-0.05, 0) is 12.3 Å². The Morgan fingerprint density at radius 3 is 1.69 bits per heavy atom. The molecule has 100 valence electrons. The molecular weight excluding hydrogens is 198 g/mol. The maximum atomic E-state index is 11.0. The van der Waals surface area contributed by atoms with E-state index in [-0.39, 0.29) is 11.8 Å². The molecule has 0 radical (unpaired) electrons. The van der Waals surface area contributed by atoms with Crippen molar-refractivity contribution in [3.8, 4) is 0 Å². The first-order chi connectivity index (χ1) is 7.45. The van der Waals surface area contributed by atoms with Gasteiger partial charge in [0, 0.05) is 12.5 Å². The molecule has 2 nitrogen and oxygen atoms in total. The van der Waals surface area contributed by atoms with E-state index in [2.05, 4.69) is 33.0 Å². The Kier molecular flexibility index (Phi) is 22.0. The highest BCUT2D eigenvalue weighted by atomic mass is 16.1. The molecule has 1 N–H and O–H groups in total. The smallest absolute Gasteiger partial charge is 0.222 e. The Morgan fingerprint density at radius 2 is 1.44 bits per heavy atom. The van der Waals surface area contributed by atoms with E-state index in [1.807, 2.05) is 27.7 Å². The number of carbonyl (C=O) groups excluding carboxylic acids is 1. The molecule has 0 unspecified atom stereocenters. The van der Waals surface area contributed by atoms with E-state index in [1.165, 1.54) is 6.42 Å². The molecule has 0 saturated carbocycles. The summed E-state index contributed by atoms with van der Waals surface area (Å²) in [6.45, 7) is 17.2. The van der Waals surface area contributed by atoms with Crippen LogP contribution in [0.2, 0.25) is 0 Å². The first-order valence-corrected chi connectivity index (χ1v) is 6.73. The number of nitrogens with one attached hydrogen (secondary N) is 1. The van der Waals surface area contributed by atoms with Crippen LogP contribution >= 0.6 is 0 Å². The Labute approximate surface area is 103 Å². The highest BCUT2D eigenvalue weighted by Gasteiger charge is 2.04. The molecule has 0 heterocycles. The van der Waals surface area contributed by atoms with E-state index in [4.69, 9.17) is 0 Å². The van der Waals surface area contributed by atoms with Crippen LogP contribution in [0.5, 0.6) is 0 Å². The zero-order valence-electron chi connectivity index (χ0n) is 12.7. The molecule has 0 saturated heterocycles. The fourth-order valence-corrected chi connectivity index (χ4v) is 0.688. The lowest BCUT2D eigenvalue weighted by atomic mass is 10.1. The fourth-order valence-electron chi connectivity index (χ4n) is 0.688. The quantitative estimate of drug-likeness (QED) is 0.770. The molecule has 0 aromatic heterocycles. The average Bonchev–Trinajstić information content (AvgIpc) is 2.21. The van der Waals surface area contributed by atoms with Crippen molar-refractivity contribution in [2.24, 2.45) is 11.8 Å². The molecule has 0 bridgehead atoms. The second kappa shape index (κ2) is 16.9. The van der Waals surface area contributed by atoms with Crippen LogP contribution in [-0.4, -0.2) is 12.5 Å². The molecule has 1 amide bonds. The molecule has 16 heavy (non-hydrogen) atoms. The van der Waals surface area contributed by atoms with Gasteiger partial charge in [-0.3, -0.25) is 4.79 Å². The summed E-state index contributed by atoms with van der Waals surface area (Å²) in [5, 5.41) is 2.87. The Morgan fingerprint density at radius 1 is 1.06 bits per heavy atom. The van der Waals surface area contributed by atoms with E-state index < -0.39 is 0 Å². The van der Waals surface area contributed by atoms with Gasteiger partial charge in [-0.15, -0.1) is 0 Å². The van der Waals surface area contributed by atoms with Gasteiger partial charge in [0.1, 0.15) is 0 Å². The minimum Gasteiger partial charge on any atom is -0.356 e. The van der Waals surface area contributed by atoms with E-state index >= 15 is 0 Å². The fraction of sp³-hybridized carbons (Fsp3) is 0.929. The molecule has 0 aliphatic rings. The van der Waals surface area contributed by atoms with Crippen molar-refractivity contribution in [3.05, 3.63) is 0 Å². The summed E-state index contributed by atoms with van der Waals surface area (Å²) in [5.74, 6) is 0.940. The summed E-state index contributed by atoms with van der Waals surface area (Å²) < 4.78 is 0. The van der Waals surface area contributed by atoms with Crippen LogP contribution in [0, 0.1) is 11.8 Å². The van der Waals surface area contributed by atoms with Crippen molar-refractivity contribution in [2.75, 3.05) is 6.54 Å². The molecular formula is C14H33NO. The van der Waals surface area contributed by atoms with Crippen LogP contribution in [0.4, 0.5) is 0 Å². The molecule has 0 atom stereocenters. The number of amides is 1. The summed E-state index contributed by atoms with van der Waals surface area (Å²) in [7, 11) is 0. The predicted molar refractivity (Wildman–Crippen MR) is 74.6 cm³/mol. The molecule has 0 spiro atoms. The Bertz CT molecular complexity index is 131. The number of rotatable bonds is 4. The van der Waals surface area contributed by atoms with Crippen molar-refractivity contribution in [3.63, 3.8) is 0 Å². The summed E-state index contributed by atoms with van der Waals surface area (Å²) in [5.41, 5.74) is 0. The highest BCUT2D eigenvalue weighted by molar-refractivity contribution is 5.77. The van der Waals surface area contributed by atoms with Gasteiger partial charge in [0.05, 0.1) is 0 Å². The number of hydrogen-bond donors (Lipinski definition) is 1. The van der Waals surface area contributed by atoms with Crippen molar-refractivity contribution in [1.29, 1.82) is 0 Å². The minimum atomic E-state index is 0.113. The summed E-state index contributed by atoms with van der Waals surface area (Å²) in [4.78, 5) is 11.0. The summed E-state index contributed by atoms with van der Waals surface area (Å²) >= 11 is 0. The van der Waals surface area contributed by atoms with Gasteiger partial charge < -0.3 is 5.32 Å². The summed E-state index contributed by atoms with van der Waals surface area (Å²) in [6, 6.07) is 0. The molecule has 2 heteroatoms. The van der Waals surface area contributed by atoms with Gasteiger partial charge in [0.15, 0.2) is 0 Å². The third-order valence-electron chi connectivity index (χ3n) is 1.55. The molecule has 0 fully saturated rings. The zero-order chi connectivity index (χ0) is 13.6. The lowest BCUT2D eigenvalue weighted by molar-refractivity contribution is -0.124. The van der Waals surface area contributed by atoms with Gasteiger partial charge in [-0.1, -0.05) is 61.8 Å². The van der Waals surface area contributed by atoms with Gasteiger partial charge >= 0.3 is 0 Å². The van der Waals surface area contributed by atoms with Crippen LogP contribution in [-0.2, 0) is 4.79 Å². The molecule has 0 aromatic rings. The van der Waals surface area contributed by atoms with E-state index in [0.29, 0.717) is 5.92 Å². The SMILES string of the molecule is CC.CC(C)CCNC(=O)C(C)C.CCC. The van der Waals surface area contributed by atoms with Gasteiger partial charge in [-0.2, -0.15) is 0 Å². The number of hydrogen-bond acceptors (Lipinski definition) is 1. The lowest BCUT2D eigenvalue weighted by Crippen LogP contribution is -2.29. The van der Waals surface area contributed by atoms with Crippen molar-refractivity contribution < 1.29 is 4.79 Å². The topological polar surface area (TPSA) is 29.1 Å². The lowest BCUT2D eigenvalue weighted by Gasteiger charge is -2.08. The normalized spacial score (nSPS) is 8.88. The van der Waals surface area contributed by atoms with E-state index in [1.54, 1.807) is 0 Å². The van der Waals surface area contributed by atoms with Crippen LogP contribution < -0.4 is 5.32 Å². The predicted octanol–water partition coefficient (Wildman–Crippen LogP) is 4.25. The third kappa shape index (κ3) is 23.4. The van der Waals surface area contributed by atoms with Gasteiger partial charge in [0.25, 0.3) is 0 Å². The van der Waals surface area contributed by atoms with Crippen LogP contribution in [0.3, 0.4) is 0 Å². The van der Waals surface area contributed by atoms with Crippen LogP contribution in [0.15, 0.2) is 0 Å². The Hall–Kier alpha value is -0.530. The van der Waals surface area contributed by atoms with E-state index in [9.17, 15) is 4.79 Å². The molecule has 0 rings (SSSR count). The average molecular weight is 231 g/mol. The largest absolute Gasteiger partial charge is 0.356 e. The summed E-state index contributed by atoms with van der Waals surface area (Å²) in [6.07, 6.45) is 2.32. The van der Waals surface area contributed by atoms with E-state index in [0.717, 1.165) is 13.0 Å². The van der Waals surface area contributed by atoms with Crippen molar-refractivity contribution >= 4 is 5.91 Å². The van der Waals surface area contributed by atoms with Crippen LogP contribution in [0.1, 0.15) is 68.2 Å². The standard InChI is InChI=1S/C9H19NO.C3H8.C2H6/c1-7(2)5-6-10-9(11)8(3)4;1-3-2;1-2/h7-8H,5-6H2,1-4H3,(H,10,11);3H2,1-2H3;1-2H3. The van der Waals surface area contributed by atoms with Crippen molar-refractivity contribution in [1.82, 2.24) is 5.32 Å². The monoisotopic (exact) mass is 231 g/mol. The Balaban J connectivity index is -0.000000289.